The summed E-state index contributed by atoms with van der Waals surface area (Å²) in [6, 6.07) is 5.80. The van der Waals surface area contributed by atoms with E-state index in [1.54, 1.807) is 0 Å². The fraction of sp³-hybridized carbons (Fsp3) is 0.263. The number of nitrogens with one attached hydrogen (secondary N) is 1. The second-order valence-electron chi connectivity index (χ2n) is 7.97. The molecule has 3 rings (SSSR count). The lowest BCUT2D eigenvalue weighted by atomic mass is 10.1. The Morgan fingerprint density at radius 2 is 1.83 bits per heavy atom. The van der Waals surface area contributed by atoms with E-state index < -0.39 is 60.1 Å². The molecule has 1 fully saturated rings. The van der Waals surface area contributed by atoms with E-state index in [0.29, 0.717) is 11.8 Å². The summed E-state index contributed by atoms with van der Waals surface area (Å²) in [5.74, 6) is 4.40. The number of ether oxygens (including phenoxy) is 1. The monoisotopic (exact) mass is 654 g/mol. The lowest BCUT2D eigenvalue weighted by molar-refractivity contribution is -0.326. The molecule has 20 nitrogen and oxygen atoms in total. The number of anilines is 1. The maximum Gasteiger partial charge on any atom is 0.508 e. The summed E-state index contributed by atoms with van der Waals surface area (Å²) in [6.07, 6.45) is -3.56. The van der Waals surface area contributed by atoms with E-state index in [1.807, 2.05) is 0 Å². The molecule has 1 amide bonds. The van der Waals surface area contributed by atoms with Crippen molar-refractivity contribution in [2.45, 2.75) is 25.0 Å². The summed E-state index contributed by atoms with van der Waals surface area (Å²) in [5.41, 5.74) is 5.36. The van der Waals surface area contributed by atoms with Gasteiger partial charge in [-0.05, 0) is 12.1 Å². The van der Waals surface area contributed by atoms with Crippen LogP contribution in [-0.2, 0) is 36.6 Å². The molecule has 8 N–H and O–H groups in total. The van der Waals surface area contributed by atoms with Gasteiger partial charge in [0.25, 0.3) is 5.91 Å². The van der Waals surface area contributed by atoms with Crippen LogP contribution in [0.15, 0.2) is 35.3 Å². The van der Waals surface area contributed by atoms with Gasteiger partial charge in [-0.2, -0.15) is 18.5 Å². The highest BCUT2D eigenvalue weighted by Crippen LogP contribution is 2.66. The van der Waals surface area contributed by atoms with E-state index >= 15 is 0 Å². The molecule has 2 aromatic rings. The standard InChI is InChI=1S/C19H21N4O16P3/c20-16-13(2-1-7-21-17(26)12-5-3-11(10-24)4-6-12)9-23(19(27)22-16)18-14(25)8-15(35-18)36-37-41(31,32)39-42(33,34)38-40(28,29)30/h3-6,9-10,14-15,18,25H,7-8H2,(H,21,26)(H,31,32)(H,33,34)(H2,20,22,27)(H2,28,29,30). The van der Waals surface area contributed by atoms with Crippen LogP contribution in [0.1, 0.15) is 38.9 Å². The first kappa shape index (κ1) is 33.4. The SMILES string of the molecule is Nc1nc(=O)n(C2OC(OOP(=O)(O)OP(=O)(O)OP(=O)(O)O)CC2O)cc1C#CCNC(=O)c1ccc(C=O)cc1. The molecule has 2 heterocycles. The molecule has 23 heteroatoms. The Morgan fingerprint density at radius 1 is 1.17 bits per heavy atom. The first-order chi connectivity index (χ1) is 19.5. The number of phosphoric acid groups is 3. The quantitative estimate of drug-likeness (QED) is 0.0518. The zero-order chi connectivity index (χ0) is 31.3. The van der Waals surface area contributed by atoms with Gasteiger partial charge in [0.05, 0.1) is 12.1 Å². The van der Waals surface area contributed by atoms with E-state index in [0.717, 1.165) is 10.8 Å². The average molecular weight is 654 g/mol. The van der Waals surface area contributed by atoms with Crippen LogP contribution in [0.3, 0.4) is 0 Å². The van der Waals surface area contributed by atoms with Gasteiger partial charge >= 0.3 is 29.2 Å². The Hall–Kier alpha value is -3.11. The second kappa shape index (κ2) is 13.5. The Kier molecular flexibility index (Phi) is 10.7. The summed E-state index contributed by atoms with van der Waals surface area (Å²) < 4.78 is 50.9. The number of rotatable bonds is 11. The number of benzene rings is 1. The highest BCUT2D eigenvalue weighted by molar-refractivity contribution is 7.66. The van der Waals surface area contributed by atoms with E-state index in [-0.39, 0.29) is 23.5 Å². The van der Waals surface area contributed by atoms with Crippen LogP contribution in [0.4, 0.5) is 5.82 Å². The highest BCUT2D eigenvalue weighted by atomic mass is 31.3. The molecular weight excluding hydrogens is 633 g/mol. The number of nitrogen functional groups attached to an aromatic ring is 1. The second-order valence-corrected chi connectivity index (χ2v) is 12.3. The van der Waals surface area contributed by atoms with Crippen molar-refractivity contribution in [3.63, 3.8) is 0 Å². The van der Waals surface area contributed by atoms with Crippen LogP contribution < -0.4 is 16.7 Å². The number of nitrogens with two attached hydrogens (primary N) is 1. The third-order valence-electron chi connectivity index (χ3n) is 4.84. The number of carbonyl (C=O) groups is 2. The molecular formula is C19H21N4O16P3. The number of aldehydes is 1. The number of aromatic nitrogens is 2. The molecule has 1 aromatic heterocycles. The Morgan fingerprint density at radius 3 is 2.45 bits per heavy atom. The van der Waals surface area contributed by atoms with Crippen molar-refractivity contribution in [2.75, 3.05) is 12.3 Å². The van der Waals surface area contributed by atoms with Gasteiger partial charge in [-0.25, -0.2) is 18.5 Å². The van der Waals surface area contributed by atoms with Gasteiger partial charge < -0.3 is 40.5 Å². The Labute approximate surface area is 234 Å². The Bertz CT molecular complexity index is 1600. The van der Waals surface area contributed by atoms with Crippen molar-refractivity contribution in [2.24, 2.45) is 0 Å². The number of aliphatic hydroxyl groups excluding tert-OH is 1. The highest BCUT2D eigenvalue weighted by Gasteiger charge is 2.43. The molecule has 0 aliphatic carbocycles. The number of hydrogen-bond acceptors (Lipinski definition) is 14. The van der Waals surface area contributed by atoms with Gasteiger partial charge in [0.1, 0.15) is 18.2 Å². The molecule has 1 aromatic carbocycles. The summed E-state index contributed by atoms with van der Waals surface area (Å²) >= 11 is 0. The van der Waals surface area contributed by atoms with Gasteiger partial charge in [-0.15, -0.1) is 4.67 Å². The fourth-order valence-electron chi connectivity index (χ4n) is 3.16. The largest absolute Gasteiger partial charge is 0.508 e. The van der Waals surface area contributed by atoms with E-state index in [9.17, 15) is 38.1 Å². The van der Waals surface area contributed by atoms with Crippen LogP contribution in [0, 0.1) is 11.8 Å². The summed E-state index contributed by atoms with van der Waals surface area (Å²) in [6.45, 7) is -0.161. The van der Waals surface area contributed by atoms with Gasteiger partial charge in [0.15, 0.2) is 12.5 Å². The first-order valence-corrected chi connectivity index (χ1v) is 15.5. The lowest BCUT2D eigenvalue weighted by Crippen LogP contribution is -2.32. The molecule has 0 spiro atoms. The van der Waals surface area contributed by atoms with Gasteiger partial charge in [-0.3, -0.25) is 14.2 Å². The summed E-state index contributed by atoms with van der Waals surface area (Å²) in [4.78, 5) is 79.0. The lowest BCUT2D eigenvalue weighted by Gasteiger charge is -2.18. The smallest absolute Gasteiger partial charge is 0.388 e. The van der Waals surface area contributed by atoms with Crippen LogP contribution >= 0.6 is 23.5 Å². The molecule has 5 atom stereocenters. The van der Waals surface area contributed by atoms with E-state index in [4.69, 9.17) is 25.2 Å². The predicted octanol–water partition coefficient (Wildman–Crippen LogP) is -0.700. The maximum atomic E-state index is 12.4. The first-order valence-electron chi connectivity index (χ1n) is 11.0. The van der Waals surface area contributed by atoms with E-state index in [1.165, 1.54) is 24.3 Å². The van der Waals surface area contributed by atoms with Crippen LogP contribution in [-0.4, -0.2) is 65.4 Å². The molecule has 228 valence electrons. The number of nitrogens with zero attached hydrogens (tertiary/aromatic N) is 2. The number of carbonyl (C=O) groups excluding carboxylic acids is 2. The van der Waals surface area contributed by atoms with Crippen molar-refractivity contribution in [1.82, 2.24) is 14.9 Å². The number of hydrogen-bond donors (Lipinski definition) is 7. The molecule has 0 saturated carbocycles. The normalized spacial score (nSPS) is 21.4. The zero-order valence-electron chi connectivity index (χ0n) is 20.7. The molecule has 1 aliphatic heterocycles. The topological polar surface area (TPSA) is 306 Å². The maximum absolute atomic E-state index is 12.4. The number of amides is 1. The Balaban J connectivity index is 1.63. The van der Waals surface area contributed by atoms with Crippen LogP contribution in [0.5, 0.6) is 0 Å². The van der Waals surface area contributed by atoms with Gasteiger partial charge in [0.2, 0.25) is 0 Å². The minimum absolute atomic E-state index is 0.0207. The van der Waals surface area contributed by atoms with Crippen LogP contribution in [0.2, 0.25) is 0 Å². The van der Waals surface area contributed by atoms with Crippen molar-refractivity contribution < 1.29 is 70.9 Å². The summed E-state index contributed by atoms with van der Waals surface area (Å²) in [5, 5.41) is 12.8. The molecule has 5 unspecified atom stereocenters. The number of aliphatic hydroxyl groups is 1. The van der Waals surface area contributed by atoms with Crippen molar-refractivity contribution in [3.05, 3.63) is 57.6 Å². The van der Waals surface area contributed by atoms with Gasteiger partial charge in [-0.1, -0.05) is 24.0 Å². The minimum atomic E-state index is -5.81. The van der Waals surface area contributed by atoms with Crippen LogP contribution in [0.25, 0.3) is 0 Å². The molecule has 0 radical (unpaired) electrons. The third kappa shape index (κ3) is 9.73. The zero-order valence-corrected chi connectivity index (χ0v) is 23.3. The molecule has 0 bridgehead atoms. The fourth-order valence-corrected chi connectivity index (χ4v) is 5.98. The summed E-state index contributed by atoms with van der Waals surface area (Å²) in [7, 11) is -17.1. The van der Waals surface area contributed by atoms with Crippen molar-refractivity contribution in [3.8, 4) is 11.8 Å². The van der Waals surface area contributed by atoms with E-state index in [2.05, 4.69) is 40.3 Å². The average Bonchev–Trinajstić information content (AvgIpc) is 3.24. The molecule has 42 heavy (non-hydrogen) atoms. The van der Waals surface area contributed by atoms with Crippen molar-refractivity contribution >= 4 is 41.5 Å². The third-order valence-corrected chi connectivity index (χ3v) is 8.44. The van der Waals surface area contributed by atoms with Gasteiger partial charge in [0, 0.05) is 23.7 Å². The molecule has 1 saturated heterocycles. The minimum Gasteiger partial charge on any atom is -0.388 e. The predicted molar refractivity (Wildman–Crippen MR) is 135 cm³/mol. The molecule has 1 aliphatic rings. The van der Waals surface area contributed by atoms with Crippen molar-refractivity contribution in [1.29, 1.82) is 0 Å².